The SMILES string of the molecule is CC(C)c1ccc(OCC(=O)CNC(=S)NC(=O)c2ccccn2)cc1. The average Bonchev–Trinajstić information content (AvgIpc) is 2.65. The van der Waals surface area contributed by atoms with E-state index in [1.165, 1.54) is 11.8 Å². The van der Waals surface area contributed by atoms with Crippen LogP contribution in [0.15, 0.2) is 48.7 Å². The summed E-state index contributed by atoms with van der Waals surface area (Å²) in [5.74, 6) is 0.454. The number of ether oxygens (including phenoxy) is 1. The van der Waals surface area contributed by atoms with Crippen LogP contribution >= 0.6 is 12.2 Å². The molecule has 6 nitrogen and oxygen atoms in total. The summed E-state index contributed by atoms with van der Waals surface area (Å²) in [5.41, 5.74) is 1.45. The molecule has 0 atom stereocenters. The van der Waals surface area contributed by atoms with E-state index in [4.69, 9.17) is 17.0 Å². The number of thiocarbonyl (C=S) groups is 1. The normalized spacial score (nSPS) is 10.3. The minimum Gasteiger partial charge on any atom is -0.486 e. The van der Waals surface area contributed by atoms with E-state index in [1.54, 1.807) is 18.2 Å². The van der Waals surface area contributed by atoms with Crippen LogP contribution in [0.1, 0.15) is 35.8 Å². The second-order valence-electron chi connectivity index (χ2n) is 5.90. The van der Waals surface area contributed by atoms with E-state index in [0.29, 0.717) is 11.7 Å². The average molecular weight is 371 g/mol. The third-order valence-electron chi connectivity index (χ3n) is 3.52. The molecule has 1 aromatic heterocycles. The van der Waals surface area contributed by atoms with Crippen molar-refractivity contribution in [3.05, 3.63) is 59.9 Å². The lowest BCUT2D eigenvalue weighted by Crippen LogP contribution is -2.42. The standard InChI is InChI=1S/C19H21N3O3S/c1-13(2)14-6-8-16(9-7-14)25-12-15(23)11-21-19(26)22-18(24)17-5-3-4-10-20-17/h3-10,13H,11-12H2,1-2H3,(H2,21,22,24,26). The molecule has 26 heavy (non-hydrogen) atoms. The maximum absolute atomic E-state index is 11.9. The van der Waals surface area contributed by atoms with Gasteiger partial charge in [-0.1, -0.05) is 32.0 Å². The quantitative estimate of drug-likeness (QED) is 0.728. The predicted molar refractivity (Wildman–Crippen MR) is 103 cm³/mol. The lowest BCUT2D eigenvalue weighted by atomic mass is 10.0. The van der Waals surface area contributed by atoms with Crippen molar-refractivity contribution in [3.63, 3.8) is 0 Å². The summed E-state index contributed by atoms with van der Waals surface area (Å²) in [6.45, 7) is 4.11. The summed E-state index contributed by atoms with van der Waals surface area (Å²) in [5, 5.41) is 5.22. The Kier molecular flexibility index (Phi) is 7.23. The summed E-state index contributed by atoms with van der Waals surface area (Å²) in [7, 11) is 0. The van der Waals surface area contributed by atoms with Crippen LogP contribution in [0.4, 0.5) is 0 Å². The smallest absolute Gasteiger partial charge is 0.275 e. The zero-order valence-electron chi connectivity index (χ0n) is 14.7. The number of aromatic nitrogens is 1. The van der Waals surface area contributed by atoms with Crippen molar-refractivity contribution >= 4 is 29.0 Å². The Morgan fingerprint density at radius 3 is 2.50 bits per heavy atom. The number of amides is 1. The lowest BCUT2D eigenvalue weighted by Gasteiger charge is -2.10. The molecule has 0 aliphatic carbocycles. The second-order valence-corrected chi connectivity index (χ2v) is 6.31. The third-order valence-corrected chi connectivity index (χ3v) is 3.76. The van der Waals surface area contributed by atoms with Crippen molar-refractivity contribution in [1.29, 1.82) is 0 Å². The molecule has 0 unspecified atom stereocenters. The molecule has 2 aromatic rings. The number of pyridine rings is 1. The van der Waals surface area contributed by atoms with E-state index >= 15 is 0 Å². The Morgan fingerprint density at radius 2 is 1.88 bits per heavy atom. The van der Waals surface area contributed by atoms with Gasteiger partial charge in [-0.3, -0.25) is 19.9 Å². The van der Waals surface area contributed by atoms with Gasteiger partial charge in [0.2, 0.25) is 0 Å². The molecule has 0 spiro atoms. The first-order chi connectivity index (χ1) is 12.5. The van der Waals surface area contributed by atoms with Crippen LogP contribution in [0.25, 0.3) is 0 Å². The number of ketones is 1. The summed E-state index contributed by atoms with van der Waals surface area (Å²) >= 11 is 5.00. The summed E-state index contributed by atoms with van der Waals surface area (Å²) in [4.78, 5) is 27.7. The monoisotopic (exact) mass is 371 g/mol. The molecular formula is C19H21N3O3S. The first-order valence-electron chi connectivity index (χ1n) is 8.20. The molecule has 0 radical (unpaired) electrons. The van der Waals surface area contributed by atoms with Gasteiger partial charge in [0.25, 0.3) is 5.91 Å². The Balaban J connectivity index is 1.71. The van der Waals surface area contributed by atoms with E-state index in [2.05, 4.69) is 29.5 Å². The molecular weight excluding hydrogens is 350 g/mol. The molecule has 1 aromatic carbocycles. The van der Waals surface area contributed by atoms with E-state index in [9.17, 15) is 9.59 Å². The van der Waals surface area contributed by atoms with Crippen molar-refractivity contribution < 1.29 is 14.3 Å². The lowest BCUT2D eigenvalue weighted by molar-refractivity contribution is -0.119. The molecule has 136 valence electrons. The number of nitrogens with zero attached hydrogens (tertiary/aromatic N) is 1. The molecule has 0 aliphatic heterocycles. The van der Waals surface area contributed by atoms with Gasteiger partial charge in [0.1, 0.15) is 18.1 Å². The van der Waals surface area contributed by atoms with Crippen LogP contribution in [-0.4, -0.2) is 34.9 Å². The summed E-state index contributed by atoms with van der Waals surface area (Å²) in [6, 6.07) is 12.6. The maximum Gasteiger partial charge on any atom is 0.275 e. The van der Waals surface area contributed by atoms with Gasteiger partial charge in [-0.05, 0) is 48.0 Å². The van der Waals surface area contributed by atoms with Crippen LogP contribution in [-0.2, 0) is 4.79 Å². The number of carbonyl (C=O) groups is 2. The molecule has 1 amide bonds. The molecule has 0 fully saturated rings. The number of hydrogen-bond donors (Lipinski definition) is 2. The van der Waals surface area contributed by atoms with Crippen LogP contribution in [0, 0.1) is 0 Å². The third kappa shape index (κ3) is 6.25. The largest absolute Gasteiger partial charge is 0.486 e. The number of Topliss-reactive ketones (excluding diaryl/α,β-unsaturated/α-hetero) is 1. The van der Waals surface area contributed by atoms with E-state index in [1.807, 2.05) is 24.3 Å². The van der Waals surface area contributed by atoms with Crippen molar-refractivity contribution in [2.45, 2.75) is 19.8 Å². The van der Waals surface area contributed by atoms with E-state index in [0.717, 1.165) is 0 Å². The fourth-order valence-electron chi connectivity index (χ4n) is 2.05. The van der Waals surface area contributed by atoms with Crippen molar-refractivity contribution in [3.8, 4) is 5.75 Å². The highest BCUT2D eigenvalue weighted by Crippen LogP contribution is 2.18. The Bertz CT molecular complexity index is 761. The van der Waals surface area contributed by atoms with Gasteiger partial charge in [0.15, 0.2) is 10.9 Å². The van der Waals surface area contributed by atoms with Gasteiger partial charge in [-0.15, -0.1) is 0 Å². The highest BCUT2D eigenvalue weighted by atomic mass is 32.1. The van der Waals surface area contributed by atoms with Crippen molar-refractivity contribution in [2.24, 2.45) is 0 Å². The van der Waals surface area contributed by atoms with Crippen LogP contribution in [0.3, 0.4) is 0 Å². The topological polar surface area (TPSA) is 80.3 Å². The minimum atomic E-state index is -0.433. The zero-order chi connectivity index (χ0) is 18.9. The number of nitrogens with one attached hydrogen (secondary N) is 2. The highest BCUT2D eigenvalue weighted by molar-refractivity contribution is 7.80. The van der Waals surface area contributed by atoms with Crippen LogP contribution in [0.2, 0.25) is 0 Å². The molecule has 2 rings (SSSR count). The molecule has 7 heteroatoms. The van der Waals surface area contributed by atoms with Crippen molar-refractivity contribution in [2.75, 3.05) is 13.2 Å². The van der Waals surface area contributed by atoms with Gasteiger partial charge in [-0.2, -0.15) is 0 Å². The molecule has 0 saturated carbocycles. The van der Waals surface area contributed by atoms with Gasteiger partial charge < -0.3 is 10.1 Å². The van der Waals surface area contributed by atoms with E-state index in [-0.39, 0.29) is 29.7 Å². The van der Waals surface area contributed by atoms with Crippen LogP contribution < -0.4 is 15.4 Å². The number of carbonyl (C=O) groups excluding carboxylic acids is 2. The molecule has 1 heterocycles. The van der Waals surface area contributed by atoms with Crippen LogP contribution in [0.5, 0.6) is 5.75 Å². The molecule has 0 saturated heterocycles. The first kappa shape index (κ1) is 19.5. The van der Waals surface area contributed by atoms with Gasteiger partial charge >= 0.3 is 0 Å². The molecule has 2 N–H and O–H groups in total. The second kappa shape index (κ2) is 9.62. The summed E-state index contributed by atoms with van der Waals surface area (Å²) in [6.07, 6.45) is 1.51. The first-order valence-corrected chi connectivity index (χ1v) is 8.61. The molecule has 0 aliphatic rings. The van der Waals surface area contributed by atoms with E-state index < -0.39 is 5.91 Å². The van der Waals surface area contributed by atoms with Gasteiger partial charge in [-0.25, -0.2) is 0 Å². The Hall–Kier alpha value is -2.80. The Labute approximate surface area is 158 Å². The van der Waals surface area contributed by atoms with Crippen molar-refractivity contribution in [1.82, 2.24) is 15.6 Å². The molecule has 0 bridgehead atoms. The number of hydrogen-bond acceptors (Lipinski definition) is 5. The minimum absolute atomic E-state index is 0.0363. The highest BCUT2D eigenvalue weighted by Gasteiger charge is 2.10. The predicted octanol–water partition coefficient (Wildman–Crippen LogP) is 2.46. The Morgan fingerprint density at radius 1 is 1.15 bits per heavy atom. The fourth-order valence-corrected chi connectivity index (χ4v) is 2.22. The van der Waals surface area contributed by atoms with Gasteiger partial charge in [0, 0.05) is 6.20 Å². The zero-order valence-corrected chi connectivity index (χ0v) is 15.5. The fraction of sp³-hybridized carbons (Fsp3) is 0.263. The maximum atomic E-state index is 11.9. The summed E-state index contributed by atoms with van der Waals surface area (Å²) < 4.78 is 5.46. The number of rotatable bonds is 7. The van der Waals surface area contributed by atoms with Gasteiger partial charge in [0.05, 0.1) is 6.54 Å². The number of benzene rings is 1.